The van der Waals surface area contributed by atoms with Gasteiger partial charge in [-0.25, -0.2) is 0 Å². The zero-order valence-electron chi connectivity index (χ0n) is 9.89. The smallest absolute Gasteiger partial charge is 0.242 e. The molecule has 1 aromatic heterocycles. The molecule has 1 aromatic rings. The van der Waals surface area contributed by atoms with Crippen LogP contribution in [0.25, 0.3) is 0 Å². The highest BCUT2D eigenvalue weighted by atomic mass is 16.2. The van der Waals surface area contributed by atoms with Crippen LogP contribution in [-0.4, -0.2) is 29.4 Å². The first-order valence-corrected chi connectivity index (χ1v) is 5.74. The van der Waals surface area contributed by atoms with E-state index in [9.17, 15) is 4.79 Å². The van der Waals surface area contributed by atoms with E-state index >= 15 is 0 Å². The van der Waals surface area contributed by atoms with Crippen LogP contribution in [0.2, 0.25) is 0 Å². The Bertz CT molecular complexity index is 445. The fraction of sp³-hybridized carbons (Fsp3) is 0.462. The molecule has 0 radical (unpaired) electrons. The second kappa shape index (κ2) is 4.54. The summed E-state index contributed by atoms with van der Waals surface area (Å²) in [5.74, 6) is -0.0381. The Hall–Kier alpha value is -1.89. The van der Waals surface area contributed by atoms with Gasteiger partial charge in [0.05, 0.1) is 6.07 Å². The SMILES string of the molecule is CN(CCc1cccnc1)C(=O)C1(C#N)CC1. The van der Waals surface area contributed by atoms with Gasteiger partial charge >= 0.3 is 0 Å². The van der Waals surface area contributed by atoms with Crippen molar-refractivity contribution in [2.75, 3.05) is 13.6 Å². The number of amides is 1. The molecule has 0 N–H and O–H groups in total. The molecule has 2 rings (SSSR count). The van der Waals surface area contributed by atoms with Gasteiger partial charge in [0.1, 0.15) is 5.41 Å². The van der Waals surface area contributed by atoms with Crippen molar-refractivity contribution in [3.05, 3.63) is 30.1 Å². The minimum atomic E-state index is -0.705. The molecule has 0 saturated heterocycles. The summed E-state index contributed by atoms with van der Waals surface area (Å²) in [5, 5.41) is 8.95. The molecule has 88 valence electrons. The van der Waals surface area contributed by atoms with Crippen LogP contribution in [0.1, 0.15) is 18.4 Å². The first kappa shape index (κ1) is 11.6. The first-order chi connectivity index (χ1) is 8.18. The number of likely N-dealkylation sites (N-methyl/N-ethyl adjacent to an activating group) is 1. The van der Waals surface area contributed by atoms with E-state index in [1.807, 2.05) is 12.1 Å². The average molecular weight is 229 g/mol. The van der Waals surface area contributed by atoms with Gasteiger partial charge in [0.15, 0.2) is 0 Å². The van der Waals surface area contributed by atoms with E-state index in [0.717, 1.165) is 12.0 Å². The zero-order valence-corrected chi connectivity index (χ0v) is 9.89. The Labute approximate surface area is 101 Å². The Balaban J connectivity index is 1.88. The van der Waals surface area contributed by atoms with Crippen molar-refractivity contribution >= 4 is 5.91 Å². The van der Waals surface area contributed by atoms with Gasteiger partial charge in [-0.15, -0.1) is 0 Å². The fourth-order valence-corrected chi connectivity index (χ4v) is 1.81. The van der Waals surface area contributed by atoms with Gasteiger partial charge in [0, 0.05) is 26.0 Å². The van der Waals surface area contributed by atoms with E-state index in [2.05, 4.69) is 11.1 Å². The third-order valence-corrected chi connectivity index (χ3v) is 3.18. The van der Waals surface area contributed by atoms with E-state index in [1.54, 1.807) is 24.3 Å². The summed E-state index contributed by atoms with van der Waals surface area (Å²) in [4.78, 5) is 17.7. The van der Waals surface area contributed by atoms with Crippen molar-refractivity contribution in [3.63, 3.8) is 0 Å². The topological polar surface area (TPSA) is 57.0 Å². The minimum absolute atomic E-state index is 0.0381. The average Bonchev–Trinajstić information content (AvgIpc) is 3.17. The number of aromatic nitrogens is 1. The Morgan fingerprint density at radius 2 is 2.41 bits per heavy atom. The third-order valence-electron chi connectivity index (χ3n) is 3.18. The van der Waals surface area contributed by atoms with Gasteiger partial charge in [0.25, 0.3) is 0 Å². The molecule has 1 fully saturated rings. The van der Waals surface area contributed by atoms with Gasteiger partial charge in [0.2, 0.25) is 5.91 Å². The molecule has 0 aliphatic heterocycles. The molecular weight excluding hydrogens is 214 g/mol. The first-order valence-electron chi connectivity index (χ1n) is 5.74. The third kappa shape index (κ3) is 2.44. The van der Waals surface area contributed by atoms with Crippen molar-refractivity contribution in [1.82, 2.24) is 9.88 Å². The highest BCUT2D eigenvalue weighted by Crippen LogP contribution is 2.46. The quantitative estimate of drug-likeness (QED) is 0.783. The van der Waals surface area contributed by atoms with Crippen molar-refractivity contribution < 1.29 is 4.79 Å². The van der Waals surface area contributed by atoms with Crippen molar-refractivity contribution in [2.45, 2.75) is 19.3 Å². The second-order valence-corrected chi connectivity index (χ2v) is 4.53. The van der Waals surface area contributed by atoms with Gasteiger partial charge in [-0.05, 0) is 30.9 Å². The summed E-state index contributed by atoms with van der Waals surface area (Å²) < 4.78 is 0. The summed E-state index contributed by atoms with van der Waals surface area (Å²) in [7, 11) is 1.76. The highest BCUT2D eigenvalue weighted by molar-refractivity contribution is 5.88. The second-order valence-electron chi connectivity index (χ2n) is 4.53. The lowest BCUT2D eigenvalue weighted by Crippen LogP contribution is -2.34. The number of pyridine rings is 1. The van der Waals surface area contributed by atoms with Gasteiger partial charge < -0.3 is 4.90 Å². The van der Waals surface area contributed by atoms with Crippen LogP contribution in [-0.2, 0) is 11.2 Å². The minimum Gasteiger partial charge on any atom is -0.344 e. The molecule has 4 nitrogen and oxygen atoms in total. The maximum Gasteiger partial charge on any atom is 0.242 e. The van der Waals surface area contributed by atoms with E-state index in [1.165, 1.54) is 0 Å². The fourth-order valence-electron chi connectivity index (χ4n) is 1.81. The molecule has 1 aliphatic rings. The maximum atomic E-state index is 12.0. The van der Waals surface area contributed by atoms with Crippen molar-refractivity contribution in [1.29, 1.82) is 5.26 Å². The van der Waals surface area contributed by atoms with Crippen LogP contribution in [0.15, 0.2) is 24.5 Å². The summed E-state index contributed by atoms with van der Waals surface area (Å²) in [6, 6.07) is 6.00. The lowest BCUT2D eigenvalue weighted by atomic mass is 10.1. The summed E-state index contributed by atoms with van der Waals surface area (Å²) >= 11 is 0. The Morgan fingerprint density at radius 3 is 2.94 bits per heavy atom. The summed E-state index contributed by atoms with van der Waals surface area (Å²) in [5.41, 5.74) is 0.401. The van der Waals surface area contributed by atoms with E-state index in [0.29, 0.717) is 19.4 Å². The van der Waals surface area contributed by atoms with Gasteiger partial charge in [-0.3, -0.25) is 9.78 Å². The highest BCUT2D eigenvalue weighted by Gasteiger charge is 2.51. The van der Waals surface area contributed by atoms with Crippen molar-refractivity contribution in [2.24, 2.45) is 5.41 Å². The monoisotopic (exact) mass is 229 g/mol. The molecule has 0 unspecified atom stereocenters. The molecule has 1 heterocycles. The number of hydrogen-bond donors (Lipinski definition) is 0. The van der Waals surface area contributed by atoms with E-state index in [-0.39, 0.29) is 5.91 Å². The number of nitrogens with zero attached hydrogens (tertiary/aromatic N) is 3. The normalized spacial score (nSPS) is 16.0. The predicted molar refractivity (Wildman–Crippen MR) is 62.9 cm³/mol. The van der Waals surface area contributed by atoms with Gasteiger partial charge in [-0.1, -0.05) is 6.07 Å². The maximum absolute atomic E-state index is 12.0. The number of rotatable bonds is 4. The predicted octanol–water partition coefficient (Wildman–Crippen LogP) is 1.39. The van der Waals surface area contributed by atoms with Crippen LogP contribution in [0, 0.1) is 16.7 Å². The standard InChI is InChI=1S/C13H15N3O/c1-16(12(17)13(10-14)5-6-13)8-4-11-3-2-7-15-9-11/h2-3,7,9H,4-6,8H2,1H3. The number of hydrogen-bond acceptors (Lipinski definition) is 3. The summed E-state index contributed by atoms with van der Waals surface area (Å²) in [6.07, 6.45) is 5.72. The number of nitriles is 1. The van der Waals surface area contributed by atoms with Crippen LogP contribution >= 0.6 is 0 Å². The molecule has 0 aromatic carbocycles. The van der Waals surface area contributed by atoms with Crippen LogP contribution < -0.4 is 0 Å². The molecule has 1 saturated carbocycles. The van der Waals surface area contributed by atoms with E-state index in [4.69, 9.17) is 5.26 Å². The Kier molecular flexibility index (Phi) is 3.10. The van der Waals surface area contributed by atoms with Crippen LogP contribution in [0.5, 0.6) is 0 Å². The molecule has 17 heavy (non-hydrogen) atoms. The number of carbonyl (C=O) groups excluding carboxylic acids is 1. The largest absolute Gasteiger partial charge is 0.344 e. The molecule has 0 spiro atoms. The molecule has 0 bridgehead atoms. The molecular formula is C13H15N3O. The molecule has 4 heteroatoms. The summed E-state index contributed by atoms with van der Waals surface area (Å²) in [6.45, 7) is 0.633. The molecule has 1 aliphatic carbocycles. The Morgan fingerprint density at radius 1 is 1.65 bits per heavy atom. The zero-order chi connectivity index (χ0) is 12.3. The number of carbonyl (C=O) groups is 1. The van der Waals surface area contributed by atoms with Crippen LogP contribution in [0.4, 0.5) is 0 Å². The lowest BCUT2D eigenvalue weighted by Gasteiger charge is -2.19. The van der Waals surface area contributed by atoms with Crippen LogP contribution in [0.3, 0.4) is 0 Å². The molecule has 1 amide bonds. The van der Waals surface area contributed by atoms with Crippen molar-refractivity contribution in [3.8, 4) is 6.07 Å². The lowest BCUT2D eigenvalue weighted by molar-refractivity contribution is -0.133. The van der Waals surface area contributed by atoms with E-state index < -0.39 is 5.41 Å². The molecule has 0 atom stereocenters. The van der Waals surface area contributed by atoms with Gasteiger partial charge in [-0.2, -0.15) is 5.26 Å².